The molecule has 3 heterocycles. The molecule has 1 atom stereocenters. The van der Waals surface area contributed by atoms with Gasteiger partial charge in [-0.3, -0.25) is 9.59 Å². The Morgan fingerprint density at radius 1 is 1.23 bits per heavy atom. The highest BCUT2D eigenvalue weighted by Crippen LogP contribution is 2.34. The lowest BCUT2D eigenvalue weighted by atomic mass is 9.93. The van der Waals surface area contributed by atoms with Crippen molar-refractivity contribution in [1.29, 1.82) is 0 Å². The van der Waals surface area contributed by atoms with E-state index in [-0.39, 0.29) is 17.9 Å². The fraction of sp³-hybridized carbons (Fsp3) is 0.583. The molecular formula is C24H33N3O3S. The highest BCUT2D eigenvalue weighted by Gasteiger charge is 2.48. The van der Waals surface area contributed by atoms with Gasteiger partial charge in [-0.1, -0.05) is 19.8 Å². The lowest BCUT2D eigenvalue weighted by molar-refractivity contribution is -0.133. The van der Waals surface area contributed by atoms with Crippen molar-refractivity contribution in [3.63, 3.8) is 0 Å². The van der Waals surface area contributed by atoms with Gasteiger partial charge in [-0.15, -0.1) is 0 Å². The molecule has 0 spiro atoms. The second-order valence-corrected chi connectivity index (χ2v) is 10.0. The van der Waals surface area contributed by atoms with Crippen molar-refractivity contribution < 1.29 is 14.0 Å². The fourth-order valence-corrected chi connectivity index (χ4v) is 5.57. The van der Waals surface area contributed by atoms with Crippen LogP contribution in [0.25, 0.3) is 11.5 Å². The van der Waals surface area contributed by atoms with Crippen LogP contribution in [0.3, 0.4) is 0 Å². The molecule has 6 nitrogen and oxygen atoms in total. The molecule has 7 heteroatoms. The summed E-state index contributed by atoms with van der Waals surface area (Å²) < 4.78 is 7.55. The number of thioether (sulfide) groups is 1. The van der Waals surface area contributed by atoms with Crippen LogP contribution < -0.4 is 5.32 Å². The maximum Gasteiger partial charge on any atom is 0.271 e. The number of hydrogen-bond acceptors (Lipinski definition) is 4. The summed E-state index contributed by atoms with van der Waals surface area (Å²) in [6, 6.07) is 7.72. The summed E-state index contributed by atoms with van der Waals surface area (Å²) in [6.45, 7) is 5.11. The van der Waals surface area contributed by atoms with Gasteiger partial charge >= 0.3 is 0 Å². The van der Waals surface area contributed by atoms with Crippen LogP contribution in [0.4, 0.5) is 0 Å². The van der Waals surface area contributed by atoms with E-state index >= 15 is 0 Å². The average Bonchev–Trinajstić information content (AvgIpc) is 3.51. The zero-order chi connectivity index (χ0) is 21.8. The van der Waals surface area contributed by atoms with Crippen LogP contribution in [-0.2, 0) is 11.3 Å². The molecule has 1 N–H and O–H groups in total. The van der Waals surface area contributed by atoms with E-state index in [1.165, 1.54) is 0 Å². The minimum absolute atomic E-state index is 0.0429. The largest absolute Gasteiger partial charge is 0.463 e. The molecule has 2 aromatic heterocycles. The number of rotatable bonds is 9. The summed E-state index contributed by atoms with van der Waals surface area (Å²) >= 11 is 1.91. The van der Waals surface area contributed by atoms with Crippen LogP contribution in [0.1, 0.15) is 62.9 Å². The molecule has 2 amide bonds. The van der Waals surface area contributed by atoms with E-state index in [1.54, 1.807) is 6.26 Å². The van der Waals surface area contributed by atoms with E-state index in [2.05, 4.69) is 12.2 Å². The first-order valence-electron chi connectivity index (χ1n) is 11.5. The number of amides is 2. The molecule has 0 radical (unpaired) electrons. The molecule has 31 heavy (non-hydrogen) atoms. The van der Waals surface area contributed by atoms with Gasteiger partial charge in [0.05, 0.1) is 18.5 Å². The summed E-state index contributed by atoms with van der Waals surface area (Å²) in [5.41, 5.74) is 0.535. The normalized spacial score (nSPS) is 21.5. The van der Waals surface area contributed by atoms with E-state index in [0.29, 0.717) is 24.5 Å². The number of furan rings is 1. The van der Waals surface area contributed by atoms with Crippen LogP contribution in [0.2, 0.25) is 0 Å². The molecular weight excluding hydrogens is 410 g/mol. The van der Waals surface area contributed by atoms with Crippen LogP contribution in [0, 0.1) is 0 Å². The predicted molar refractivity (Wildman–Crippen MR) is 124 cm³/mol. The molecule has 168 valence electrons. The van der Waals surface area contributed by atoms with E-state index in [0.717, 1.165) is 55.7 Å². The van der Waals surface area contributed by atoms with Crippen molar-refractivity contribution in [3.05, 3.63) is 36.2 Å². The van der Waals surface area contributed by atoms with Gasteiger partial charge < -0.3 is 19.2 Å². The first-order valence-corrected chi connectivity index (χ1v) is 12.6. The quantitative estimate of drug-likeness (QED) is 0.577. The van der Waals surface area contributed by atoms with E-state index in [4.69, 9.17) is 4.42 Å². The maximum atomic E-state index is 13.6. The topological polar surface area (TPSA) is 67.5 Å². The standard InChI is InChI=1S/C24H33N3O3S/c1-3-15-31-16-7-13-27-22(28)20-12-11-19(21-10-6-14-30-21)26(20)17-24(27,2)23(29)25-18-8-4-5-9-18/h6,10-12,14,18H,3-5,7-9,13,15-17H2,1-2H3,(H,25,29). The molecule has 1 aliphatic carbocycles. The van der Waals surface area contributed by atoms with E-state index in [9.17, 15) is 9.59 Å². The minimum Gasteiger partial charge on any atom is -0.463 e. The second kappa shape index (κ2) is 9.55. The third-order valence-electron chi connectivity index (χ3n) is 6.48. The monoisotopic (exact) mass is 443 g/mol. The average molecular weight is 444 g/mol. The minimum atomic E-state index is -0.928. The van der Waals surface area contributed by atoms with Gasteiger partial charge in [0.25, 0.3) is 5.91 Å². The van der Waals surface area contributed by atoms with Crippen LogP contribution in [-0.4, -0.2) is 50.9 Å². The van der Waals surface area contributed by atoms with Gasteiger partial charge in [0, 0.05) is 12.6 Å². The predicted octanol–water partition coefficient (Wildman–Crippen LogP) is 4.55. The molecule has 1 fully saturated rings. The third kappa shape index (κ3) is 4.43. The Hall–Kier alpha value is -2.15. The highest BCUT2D eigenvalue weighted by molar-refractivity contribution is 7.99. The highest BCUT2D eigenvalue weighted by atomic mass is 32.2. The van der Waals surface area contributed by atoms with Gasteiger partial charge in [-0.2, -0.15) is 11.8 Å². The summed E-state index contributed by atoms with van der Waals surface area (Å²) in [7, 11) is 0. The summed E-state index contributed by atoms with van der Waals surface area (Å²) in [5.74, 6) is 2.72. The zero-order valence-corrected chi connectivity index (χ0v) is 19.4. The summed E-state index contributed by atoms with van der Waals surface area (Å²) in [4.78, 5) is 28.9. The van der Waals surface area contributed by atoms with Gasteiger partial charge in [0.1, 0.15) is 17.0 Å². The Morgan fingerprint density at radius 3 is 2.71 bits per heavy atom. The number of carbonyl (C=O) groups is 2. The van der Waals surface area contributed by atoms with Crippen molar-refractivity contribution in [2.75, 3.05) is 18.1 Å². The summed E-state index contributed by atoms with van der Waals surface area (Å²) in [5, 5.41) is 3.25. The number of fused-ring (bicyclic) bond motifs is 1. The van der Waals surface area contributed by atoms with Crippen molar-refractivity contribution in [2.24, 2.45) is 0 Å². The maximum absolute atomic E-state index is 13.6. The van der Waals surface area contributed by atoms with Gasteiger partial charge in [0.15, 0.2) is 0 Å². The lowest BCUT2D eigenvalue weighted by Crippen LogP contribution is -2.65. The Bertz CT molecular complexity index is 901. The molecule has 2 aromatic rings. The zero-order valence-electron chi connectivity index (χ0n) is 18.6. The van der Waals surface area contributed by atoms with Gasteiger partial charge in [-0.25, -0.2) is 0 Å². The lowest BCUT2D eigenvalue weighted by Gasteiger charge is -2.44. The summed E-state index contributed by atoms with van der Waals surface area (Å²) in [6.07, 6.45) is 8.02. The number of hydrogen-bond donors (Lipinski definition) is 1. The number of aromatic nitrogens is 1. The van der Waals surface area contributed by atoms with Crippen molar-refractivity contribution in [3.8, 4) is 11.5 Å². The first-order chi connectivity index (χ1) is 15.0. The smallest absolute Gasteiger partial charge is 0.271 e. The molecule has 0 aromatic carbocycles. The van der Waals surface area contributed by atoms with Crippen molar-refractivity contribution in [1.82, 2.24) is 14.8 Å². The third-order valence-corrected chi connectivity index (χ3v) is 7.75. The fourth-order valence-electron chi connectivity index (χ4n) is 4.74. The van der Waals surface area contributed by atoms with Crippen molar-refractivity contribution >= 4 is 23.6 Å². The van der Waals surface area contributed by atoms with Gasteiger partial charge in [-0.05, 0) is 68.4 Å². The second-order valence-electron chi connectivity index (χ2n) is 8.82. The number of carbonyl (C=O) groups excluding carboxylic acids is 2. The number of nitrogens with one attached hydrogen (secondary N) is 1. The van der Waals surface area contributed by atoms with Crippen LogP contribution in [0.5, 0.6) is 0 Å². The molecule has 1 saturated carbocycles. The van der Waals surface area contributed by atoms with Crippen LogP contribution in [0.15, 0.2) is 34.9 Å². The van der Waals surface area contributed by atoms with E-state index < -0.39 is 5.54 Å². The Balaban J connectivity index is 1.61. The van der Waals surface area contributed by atoms with E-state index in [1.807, 2.05) is 52.4 Å². The molecule has 0 bridgehead atoms. The molecule has 1 aliphatic heterocycles. The Morgan fingerprint density at radius 2 is 2.00 bits per heavy atom. The Labute approximate surface area is 188 Å². The van der Waals surface area contributed by atoms with Crippen LogP contribution >= 0.6 is 11.8 Å². The molecule has 1 unspecified atom stereocenters. The van der Waals surface area contributed by atoms with Crippen molar-refractivity contribution in [2.45, 2.75) is 70.5 Å². The first kappa shape index (κ1) is 22.1. The number of nitrogens with zero attached hydrogens (tertiary/aromatic N) is 2. The SMILES string of the molecule is CCCSCCCN1C(=O)c2ccc(-c3ccco3)n2CC1(C)C(=O)NC1CCCC1. The molecule has 0 saturated heterocycles. The molecule has 2 aliphatic rings. The van der Waals surface area contributed by atoms with Gasteiger partial charge in [0.2, 0.25) is 5.91 Å². The Kier molecular flexibility index (Phi) is 6.80. The molecule has 4 rings (SSSR count).